The number of hydrogen-bond donors (Lipinski definition) is 0. The van der Waals surface area contributed by atoms with Crippen molar-refractivity contribution in [2.75, 3.05) is 7.11 Å². The van der Waals surface area contributed by atoms with Crippen LogP contribution in [0.5, 0.6) is 5.75 Å². The summed E-state index contributed by atoms with van der Waals surface area (Å²) in [7, 11) is 3.59. The Morgan fingerprint density at radius 1 is 1.50 bits per heavy atom. The van der Waals surface area contributed by atoms with Crippen LogP contribution in [0.15, 0.2) is 16.6 Å². The first kappa shape index (κ1) is 10.2. The van der Waals surface area contributed by atoms with Crippen LogP contribution in [-0.2, 0) is 7.05 Å². The van der Waals surface area contributed by atoms with E-state index in [1.807, 2.05) is 23.9 Å². The van der Waals surface area contributed by atoms with Crippen LogP contribution in [0.1, 0.15) is 0 Å². The van der Waals surface area contributed by atoms with Crippen LogP contribution in [-0.4, -0.2) is 16.9 Å². The van der Waals surface area contributed by atoms with Crippen molar-refractivity contribution in [2.45, 2.75) is 0 Å². The van der Waals surface area contributed by atoms with Gasteiger partial charge >= 0.3 is 0 Å². The number of benzene rings is 1. The smallest absolute Gasteiger partial charge is 0.132 e. The van der Waals surface area contributed by atoms with Crippen LogP contribution in [0.3, 0.4) is 0 Å². The first-order valence-corrected chi connectivity index (χ1v) is 5.86. The quantitative estimate of drug-likeness (QED) is 0.725. The summed E-state index contributed by atoms with van der Waals surface area (Å²) in [6.07, 6.45) is 0. The molecule has 2 rings (SSSR count). The van der Waals surface area contributed by atoms with Crippen LogP contribution in [0.25, 0.3) is 10.9 Å². The second-order valence-corrected chi connectivity index (χ2v) is 4.79. The Morgan fingerprint density at radius 3 is 2.86 bits per heavy atom. The lowest BCUT2D eigenvalue weighted by Crippen LogP contribution is -1.90. The molecule has 0 saturated carbocycles. The summed E-state index contributed by atoms with van der Waals surface area (Å²) in [4.78, 5) is 0. The zero-order valence-corrected chi connectivity index (χ0v) is 11.5. The van der Waals surface area contributed by atoms with Crippen LogP contribution in [0.4, 0.5) is 0 Å². The van der Waals surface area contributed by atoms with Gasteiger partial charge in [-0.3, -0.25) is 4.68 Å². The molecule has 0 saturated heterocycles. The standard InChI is InChI=1S/C9H8BrIN2O/c1-13-7-4-5(14-2)3-6(10)8(7)9(11)12-13/h3-4H,1-2H3. The van der Waals surface area contributed by atoms with Crippen molar-refractivity contribution in [2.24, 2.45) is 7.05 Å². The average molecular weight is 367 g/mol. The summed E-state index contributed by atoms with van der Waals surface area (Å²) >= 11 is 5.74. The molecule has 1 heterocycles. The van der Waals surface area contributed by atoms with E-state index in [-0.39, 0.29) is 0 Å². The van der Waals surface area contributed by atoms with E-state index in [0.717, 1.165) is 24.8 Å². The number of hydrogen-bond acceptors (Lipinski definition) is 2. The van der Waals surface area contributed by atoms with E-state index in [0.29, 0.717) is 0 Å². The molecule has 0 amide bonds. The van der Waals surface area contributed by atoms with Gasteiger partial charge in [-0.15, -0.1) is 0 Å². The number of rotatable bonds is 1. The molecule has 0 fully saturated rings. The SMILES string of the molecule is COc1cc(Br)c2c(I)nn(C)c2c1. The van der Waals surface area contributed by atoms with Crippen molar-refractivity contribution >= 4 is 49.4 Å². The van der Waals surface area contributed by atoms with Crippen LogP contribution < -0.4 is 4.74 Å². The van der Waals surface area contributed by atoms with E-state index in [9.17, 15) is 0 Å². The highest BCUT2D eigenvalue weighted by atomic mass is 127. The number of halogens is 2. The molecule has 14 heavy (non-hydrogen) atoms. The third kappa shape index (κ3) is 1.52. The fourth-order valence-electron chi connectivity index (χ4n) is 1.38. The molecule has 1 aromatic carbocycles. The Bertz CT molecular complexity index is 495. The van der Waals surface area contributed by atoms with Gasteiger partial charge in [-0.1, -0.05) is 0 Å². The summed E-state index contributed by atoms with van der Waals surface area (Å²) < 4.78 is 9.06. The van der Waals surface area contributed by atoms with Gasteiger partial charge in [0, 0.05) is 23.0 Å². The topological polar surface area (TPSA) is 27.1 Å². The number of aromatic nitrogens is 2. The second kappa shape index (κ2) is 3.69. The highest BCUT2D eigenvalue weighted by Crippen LogP contribution is 2.31. The summed E-state index contributed by atoms with van der Waals surface area (Å²) in [5.41, 5.74) is 1.07. The van der Waals surface area contributed by atoms with Gasteiger partial charge in [0.15, 0.2) is 0 Å². The summed E-state index contributed by atoms with van der Waals surface area (Å²) in [6.45, 7) is 0. The summed E-state index contributed by atoms with van der Waals surface area (Å²) in [5, 5.41) is 5.48. The lowest BCUT2D eigenvalue weighted by atomic mass is 10.2. The minimum atomic E-state index is 0.837. The van der Waals surface area contributed by atoms with Crippen molar-refractivity contribution in [1.82, 2.24) is 9.78 Å². The van der Waals surface area contributed by atoms with E-state index in [1.54, 1.807) is 7.11 Å². The Balaban J connectivity index is 2.86. The first-order chi connectivity index (χ1) is 6.63. The minimum absolute atomic E-state index is 0.837. The zero-order valence-electron chi connectivity index (χ0n) is 7.71. The van der Waals surface area contributed by atoms with Gasteiger partial charge in [-0.2, -0.15) is 5.10 Å². The molecular formula is C9H8BrIN2O. The summed E-state index contributed by atoms with van der Waals surface area (Å²) in [6, 6.07) is 3.93. The maximum absolute atomic E-state index is 5.19. The van der Waals surface area contributed by atoms with Gasteiger partial charge in [0.1, 0.15) is 9.45 Å². The fraction of sp³-hybridized carbons (Fsp3) is 0.222. The van der Waals surface area contributed by atoms with Crippen molar-refractivity contribution in [3.63, 3.8) is 0 Å². The maximum atomic E-state index is 5.19. The molecule has 0 bridgehead atoms. The second-order valence-electron chi connectivity index (χ2n) is 2.92. The van der Waals surface area contributed by atoms with E-state index in [2.05, 4.69) is 43.6 Å². The van der Waals surface area contributed by atoms with E-state index >= 15 is 0 Å². The Hall–Kier alpha value is -0.300. The molecule has 0 aliphatic rings. The van der Waals surface area contributed by atoms with Crippen molar-refractivity contribution in [3.8, 4) is 5.75 Å². The molecule has 0 aliphatic carbocycles. The number of methoxy groups -OCH3 is 1. The Morgan fingerprint density at radius 2 is 2.21 bits per heavy atom. The molecule has 1 aromatic heterocycles. The molecular weight excluding hydrogens is 359 g/mol. The van der Waals surface area contributed by atoms with Gasteiger partial charge in [-0.05, 0) is 44.6 Å². The predicted molar refractivity (Wildman–Crippen MR) is 67.7 cm³/mol. The third-order valence-electron chi connectivity index (χ3n) is 2.07. The van der Waals surface area contributed by atoms with Crippen molar-refractivity contribution in [3.05, 3.63) is 20.3 Å². The van der Waals surface area contributed by atoms with Crippen molar-refractivity contribution in [1.29, 1.82) is 0 Å². The maximum Gasteiger partial charge on any atom is 0.132 e. The van der Waals surface area contributed by atoms with Crippen LogP contribution >= 0.6 is 38.5 Å². The number of aryl methyl sites for hydroxylation is 1. The third-order valence-corrected chi connectivity index (χ3v) is 3.45. The molecule has 0 N–H and O–H groups in total. The average Bonchev–Trinajstić information content (AvgIpc) is 2.42. The first-order valence-electron chi connectivity index (χ1n) is 3.99. The predicted octanol–water partition coefficient (Wildman–Crippen LogP) is 2.95. The highest BCUT2D eigenvalue weighted by Gasteiger charge is 2.11. The summed E-state index contributed by atoms with van der Waals surface area (Å²) in [5.74, 6) is 0.837. The zero-order chi connectivity index (χ0) is 10.3. The van der Waals surface area contributed by atoms with Gasteiger partial charge in [0.25, 0.3) is 0 Å². The van der Waals surface area contributed by atoms with E-state index in [4.69, 9.17) is 4.74 Å². The van der Waals surface area contributed by atoms with Crippen LogP contribution in [0, 0.1) is 3.70 Å². The number of ether oxygens (including phenoxy) is 1. The molecule has 0 atom stereocenters. The fourth-order valence-corrected chi connectivity index (χ4v) is 3.26. The molecule has 0 radical (unpaired) electrons. The number of nitrogens with zero attached hydrogens (tertiary/aromatic N) is 2. The minimum Gasteiger partial charge on any atom is -0.497 e. The molecule has 0 aliphatic heterocycles. The van der Waals surface area contributed by atoms with Crippen LogP contribution in [0.2, 0.25) is 0 Å². The van der Waals surface area contributed by atoms with E-state index in [1.165, 1.54) is 0 Å². The van der Waals surface area contributed by atoms with Gasteiger partial charge in [0.05, 0.1) is 12.6 Å². The Kier molecular flexibility index (Phi) is 2.70. The molecule has 74 valence electrons. The molecule has 2 aromatic rings. The molecule has 5 heteroatoms. The molecule has 0 unspecified atom stereocenters. The Labute approximate surface area is 104 Å². The van der Waals surface area contributed by atoms with Crippen molar-refractivity contribution < 1.29 is 4.74 Å². The van der Waals surface area contributed by atoms with Gasteiger partial charge < -0.3 is 4.74 Å². The molecule has 0 spiro atoms. The molecule has 3 nitrogen and oxygen atoms in total. The van der Waals surface area contributed by atoms with E-state index < -0.39 is 0 Å². The highest BCUT2D eigenvalue weighted by molar-refractivity contribution is 14.1. The van der Waals surface area contributed by atoms with Gasteiger partial charge in [0.2, 0.25) is 0 Å². The lowest BCUT2D eigenvalue weighted by molar-refractivity contribution is 0.415. The van der Waals surface area contributed by atoms with Gasteiger partial charge in [-0.25, -0.2) is 0 Å². The lowest BCUT2D eigenvalue weighted by Gasteiger charge is -2.02. The largest absolute Gasteiger partial charge is 0.497 e. The monoisotopic (exact) mass is 366 g/mol. The number of fused-ring (bicyclic) bond motifs is 1. The normalized spacial score (nSPS) is 10.9.